The summed E-state index contributed by atoms with van der Waals surface area (Å²) >= 11 is 0. The van der Waals surface area contributed by atoms with Crippen LogP contribution >= 0.6 is 0 Å². The van der Waals surface area contributed by atoms with Gasteiger partial charge in [0.25, 0.3) is 0 Å². The molecule has 5 nitrogen and oxygen atoms in total. The molecular formula is C25H33N3O2. The Balaban J connectivity index is 1.70. The van der Waals surface area contributed by atoms with E-state index in [1.54, 1.807) is 4.90 Å². The summed E-state index contributed by atoms with van der Waals surface area (Å²) in [7, 11) is 1.88. The van der Waals surface area contributed by atoms with Crippen LogP contribution in [0.2, 0.25) is 0 Å². The number of piperidine rings is 1. The number of aryl methyl sites for hydroxylation is 1. The number of amides is 1. The number of ether oxygens (including phenoxy) is 1. The molecule has 2 heterocycles. The minimum Gasteiger partial charge on any atom is -0.491 e. The van der Waals surface area contributed by atoms with Crippen molar-refractivity contribution in [1.82, 2.24) is 5.01 Å². The fraction of sp³-hybridized carbons (Fsp3) is 0.480. The first kappa shape index (κ1) is 20.9. The lowest BCUT2D eigenvalue weighted by atomic mass is 9.81. The van der Waals surface area contributed by atoms with E-state index < -0.39 is 0 Å². The summed E-state index contributed by atoms with van der Waals surface area (Å²) in [5, 5.41) is 2.00. The lowest BCUT2D eigenvalue weighted by Gasteiger charge is -2.39. The molecule has 5 heteroatoms. The molecule has 2 atom stereocenters. The van der Waals surface area contributed by atoms with Crippen LogP contribution in [0, 0.1) is 5.92 Å². The van der Waals surface area contributed by atoms with Gasteiger partial charge in [-0.2, -0.15) is 0 Å². The highest BCUT2D eigenvalue weighted by Crippen LogP contribution is 2.40. The highest BCUT2D eigenvalue weighted by Gasteiger charge is 2.32. The second-order valence-corrected chi connectivity index (χ2v) is 8.91. The first-order valence-electron chi connectivity index (χ1n) is 11.1. The van der Waals surface area contributed by atoms with Crippen molar-refractivity contribution in [1.29, 1.82) is 0 Å². The molecular weight excluding hydrogens is 374 g/mol. The van der Waals surface area contributed by atoms with Crippen LogP contribution in [0.4, 0.5) is 5.69 Å². The quantitative estimate of drug-likeness (QED) is 0.753. The lowest BCUT2D eigenvalue weighted by molar-refractivity contribution is -0.118. The number of anilines is 1. The van der Waals surface area contributed by atoms with E-state index in [4.69, 9.17) is 10.6 Å². The number of hydrazine groups is 1. The van der Waals surface area contributed by atoms with Gasteiger partial charge in [0, 0.05) is 25.7 Å². The van der Waals surface area contributed by atoms with E-state index in [0.717, 1.165) is 43.7 Å². The topological polar surface area (TPSA) is 58.8 Å². The Labute approximate surface area is 179 Å². The van der Waals surface area contributed by atoms with Crippen LogP contribution < -0.4 is 15.5 Å². The van der Waals surface area contributed by atoms with Gasteiger partial charge in [-0.3, -0.25) is 10.6 Å². The van der Waals surface area contributed by atoms with E-state index in [1.165, 1.54) is 16.7 Å². The third-order valence-electron chi connectivity index (χ3n) is 6.39. The van der Waals surface area contributed by atoms with Gasteiger partial charge >= 0.3 is 0 Å². The molecule has 1 saturated heterocycles. The van der Waals surface area contributed by atoms with Gasteiger partial charge in [-0.15, -0.1) is 0 Å². The van der Waals surface area contributed by atoms with E-state index >= 15 is 0 Å². The van der Waals surface area contributed by atoms with Gasteiger partial charge in [-0.25, -0.2) is 5.01 Å². The second kappa shape index (κ2) is 8.78. The Morgan fingerprint density at radius 2 is 1.93 bits per heavy atom. The predicted molar refractivity (Wildman–Crippen MR) is 120 cm³/mol. The Morgan fingerprint density at radius 1 is 1.17 bits per heavy atom. The highest BCUT2D eigenvalue weighted by molar-refractivity contribution is 5.96. The molecule has 160 valence electrons. The predicted octanol–water partition coefficient (Wildman–Crippen LogP) is 4.25. The highest BCUT2D eigenvalue weighted by atomic mass is 16.5. The van der Waals surface area contributed by atoms with Gasteiger partial charge in [0.05, 0.1) is 12.1 Å². The van der Waals surface area contributed by atoms with E-state index in [9.17, 15) is 4.79 Å². The summed E-state index contributed by atoms with van der Waals surface area (Å²) < 4.78 is 6.23. The molecule has 0 saturated carbocycles. The van der Waals surface area contributed by atoms with Gasteiger partial charge in [0.2, 0.25) is 5.91 Å². The number of hydrogen-bond donors (Lipinski definition) is 1. The zero-order chi connectivity index (χ0) is 21.3. The maximum atomic E-state index is 12.3. The van der Waals surface area contributed by atoms with Crippen LogP contribution in [0.25, 0.3) is 0 Å². The smallest absolute Gasteiger partial charge is 0.227 e. The van der Waals surface area contributed by atoms with Crippen LogP contribution in [0.15, 0.2) is 42.5 Å². The summed E-state index contributed by atoms with van der Waals surface area (Å²) in [6.07, 6.45) is 4.54. The molecule has 2 N–H and O–H groups in total. The Bertz CT molecular complexity index is 897. The fourth-order valence-electron chi connectivity index (χ4n) is 4.95. The maximum absolute atomic E-state index is 12.3. The molecule has 0 unspecified atom stereocenters. The molecule has 4 rings (SSSR count). The normalized spacial score (nSPS) is 22.3. The molecule has 0 spiro atoms. The largest absolute Gasteiger partial charge is 0.491 e. The number of nitrogens with zero attached hydrogens (tertiary/aromatic N) is 2. The van der Waals surface area contributed by atoms with Crippen LogP contribution in [0.3, 0.4) is 0 Å². The van der Waals surface area contributed by atoms with Crippen molar-refractivity contribution in [2.45, 2.75) is 58.1 Å². The lowest BCUT2D eigenvalue weighted by Crippen LogP contribution is -2.44. The number of carbonyl (C=O) groups excluding carboxylic acids is 1. The Kier molecular flexibility index (Phi) is 6.11. The number of nitrogens with two attached hydrogens (primary N) is 1. The number of rotatable bonds is 5. The van der Waals surface area contributed by atoms with Crippen molar-refractivity contribution in [2.75, 3.05) is 18.5 Å². The maximum Gasteiger partial charge on any atom is 0.227 e. The van der Waals surface area contributed by atoms with Crippen molar-refractivity contribution in [3.05, 3.63) is 59.2 Å². The zero-order valence-corrected chi connectivity index (χ0v) is 18.3. The third kappa shape index (κ3) is 4.23. The number of benzene rings is 2. The molecule has 1 fully saturated rings. The van der Waals surface area contributed by atoms with Crippen molar-refractivity contribution in [3.63, 3.8) is 0 Å². The van der Waals surface area contributed by atoms with E-state index in [1.807, 2.05) is 18.1 Å². The average molecular weight is 408 g/mol. The van der Waals surface area contributed by atoms with E-state index in [0.29, 0.717) is 12.3 Å². The Morgan fingerprint density at radius 3 is 2.67 bits per heavy atom. The van der Waals surface area contributed by atoms with Crippen molar-refractivity contribution < 1.29 is 9.53 Å². The van der Waals surface area contributed by atoms with Crippen LogP contribution in [-0.4, -0.2) is 30.6 Å². The summed E-state index contributed by atoms with van der Waals surface area (Å²) in [4.78, 5) is 14.1. The van der Waals surface area contributed by atoms with Crippen LogP contribution in [-0.2, 0) is 17.6 Å². The van der Waals surface area contributed by atoms with Gasteiger partial charge in [0.1, 0.15) is 5.75 Å². The molecule has 0 radical (unpaired) electrons. The molecule has 0 bridgehead atoms. The van der Waals surface area contributed by atoms with Crippen LogP contribution in [0.5, 0.6) is 5.75 Å². The molecule has 2 aliphatic heterocycles. The molecule has 2 aromatic carbocycles. The van der Waals surface area contributed by atoms with E-state index in [-0.39, 0.29) is 18.1 Å². The summed E-state index contributed by atoms with van der Waals surface area (Å²) in [5.74, 6) is 8.00. The summed E-state index contributed by atoms with van der Waals surface area (Å²) in [5.41, 5.74) is 4.65. The Hall–Kier alpha value is -2.37. The molecule has 30 heavy (non-hydrogen) atoms. The minimum absolute atomic E-state index is 0.104. The van der Waals surface area contributed by atoms with Gasteiger partial charge in [0.15, 0.2) is 0 Å². The van der Waals surface area contributed by atoms with Gasteiger partial charge in [-0.05, 0) is 74.3 Å². The number of carbonyl (C=O) groups is 1. The fourth-order valence-corrected chi connectivity index (χ4v) is 4.95. The summed E-state index contributed by atoms with van der Waals surface area (Å²) in [6, 6.07) is 15.1. The number of fused-ring (bicyclic) bond motifs is 1. The monoisotopic (exact) mass is 407 g/mol. The molecule has 0 aromatic heterocycles. The minimum atomic E-state index is 0.104. The first-order valence-corrected chi connectivity index (χ1v) is 11.1. The average Bonchev–Trinajstić information content (AvgIpc) is 2.72. The molecule has 2 aliphatic rings. The standard InChI is InChI=1S/C25H33N3O2/c1-17(2)30-23-16-19-11-12-24(29)27(3)22(19)15-21(23)14-20-10-7-13-28(26)25(20)18-8-5-4-6-9-18/h4-6,8-9,15-17,20,25H,7,10-14,26H2,1-3H3/t20-,25+/m0/s1. The summed E-state index contributed by atoms with van der Waals surface area (Å²) in [6.45, 7) is 5.04. The van der Waals surface area contributed by atoms with Crippen LogP contribution in [0.1, 0.15) is 55.8 Å². The molecule has 1 amide bonds. The molecule has 2 aromatic rings. The third-order valence-corrected chi connectivity index (χ3v) is 6.39. The van der Waals surface area contributed by atoms with Crippen molar-refractivity contribution in [3.8, 4) is 5.75 Å². The molecule has 0 aliphatic carbocycles. The zero-order valence-electron chi connectivity index (χ0n) is 18.3. The van der Waals surface area contributed by atoms with E-state index in [2.05, 4.69) is 50.2 Å². The SMILES string of the molecule is CC(C)Oc1cc2c(cc1C[C@@H]1CCCN(N)[C@@H]1c1ccccc1)N(C)C(=O)CC2. The first-order chi connectivity index (χ1) is 14.4. The van der Waals surface area contributed by atoms with Gasteiger partial charge < -0.3 is 9.64 Å². The van der Waals surface area contributed by atoms with Crippen molar-refractivity contribution in [2.24, 2.45) is 11.8 Å². The van der Waals surface area contributed by atoms with Crippen molar-refractivity contribution >= 4 is 11.6 Å². The number of hydrogen-bond acceptors (Lipinski definition) is 4. The van der Waals surface area contributed by atoms with Gasteiger partial charge in [-0.1, -0.05) is 30.3 Å². The second-order valence-electron chi connectivity index (χ2n) is 8.91.